The van der Waals surface area contributed by atoms with Gasteiger partial charge in [0.1, 0.15) is 5.75 Å². The maximum atomic E-state index is 12.7. The molecule has 1 aromatic carbocycles. The number of benzene rings is 1. The Hall–Kier alpha value is -1.18. The second-order valence-corrected chi connectivity index (χ2v) is 5.86. The Bertz CT molecular complexity index is 516. The monoisotopic (exact) mass is 393 g/mol. The number of nitrogens with zero attached hydrogens (tertiary/aromatic N) is 1. The fraction of sp³-hybridized carbons (Fsp3) is 0.357. The maximum Gasteiger partial charge on any atom is 0.256 e. The van der Waals surface area contributed by atoms with Crippen molar-refractivity contribution in [1.82, 2.24) is 4.90 Å². The van der Waals surface area contributed by atoms with E-state index in [0.29, 0.717) is 17.9 Å². The molecule has 108 valence electrons. The van der Waals surface area contributed by atoms with Gasteiger partial charge >= 0.3 is 0 Å². The summed E-state index contributed by atoms with van der Waals surface area (Å²) in [7, 11) is 1.56. The molecule has 0 saturated carbocycles. The molecule has 1 unspecified atom stereocenters. The van der Waals surface area contributed by atoms with E-state index in [2.05, 4.69) is 0 Å². The van der Waals surface area contributed by atoms with E-state index in [4.69, 9.17) is 4.74 Å². The van der Waals surface area contributed by atoms with Crippen molar-refractivity contribution in [3.63, 3.8) is 0 Å². The van der Waals surface area contributed by atoms with Gasteiger partial charge in [-0.1, -0.05) is 28.7 Å². The Morgan fingerprint density at radius 2 is 2.05 bits per heavy atom. The van der Waals surface area contributed by atoms with Crippen LogP contribution in [0.3, 0.4) is 0 Å². The van der Waals surface area contributed by atoms with Crippen LogP contribution in [0.2, 0.25) is 0 Å². The van der Waals surface area contributed by atoms with Crippen LogP contribution in [-0.4, -0.2) is 34.8 Å². The predicted molar refractivity (Wildman–Crippen MR) is 81.1 cm³/mol. The molecule has 1 heterocycles. The first kappa shape index (κ1) is 15.2. The number of methoxy groups -OCH3 is 1. The molecule has 0 saturated heterocycles. The lowest BCUT2D eigenvalue weighted by Crippen LogP contribution is -2.40. The quantitative estimate of drug-likeness (QED) is 0.580. The first-order chi connectivity index (χ1) is 9.52. The van der Waals surface area contributed by atoms with Gasteiger partial charge in [-0.2, -0.15) is 0 Å². The van der Waals surface area contributed by atoms with Gasteiger partial charge in [-0.3, -0.25) is 4.79 Å². The number of carbonyl (C=O) groups is 1. The topological polar surface area (TPSA) is 29.5 Å². The molecule has 0 aliphatic carbocycles. The number of carbonyl (C=O) groups excluding carboxylic acids is 1. The van der Waals surface area contributed by atoms with Crippen LogP contribution in [0.25, 0.3) is 5.70 Å². The highest BCUT2D eigenvalue weighted by Gasteiger charge is 2.31. The Labute approximate surface area is 129 Å². The zero-order valence-corrected chi connectivity index (χ0v) is 13.0. The summed E-state index contributed by atoms with van der Waals surface area (Å²) in [6.07, 6.45) is -0.161. The van der Waals surface area contributed by atoms with Gasteiger partial charge < -0.3 is 9.64 Å². The van der Waals surface area contributed by atoms with Gasteiger partial charge in [0.2, 0.25) is 5.91 Å². The van der Waals surface area contributed by atoms with Crippen LogP contribution in [-0.2, 0) is 4.79 Å². The van der Waals surface area contributed by atoms with E-state index in [0.717, 1.165) is 5.56 Å². The number of alkyl halides is 3. The summed E-state index contributed by atoms with van der Waals surface area (Å²) in [5, 5.41) is 0. The van der Waals surface area contributed by atoms with E-state index < -0.39 is 13.0 Å². The van der Waals surface area contributed by atoms with Crippen molar-refractivity contribution in [2.45, 2.75) is 16.8 Å². The minimum atomic E-state index is -2.55. The molecule has 6 heteroatoms. The smallest absolute Gasteiger partial charge is 0.256 e. The van der Waals surface area contributed by atoms with Gasteiger partial charge in [0, 0.05) is 5.70 Å². The molecule has 0 radical (unpaired) electrons. The molecule has 2 rings (SSSR count). The van der Waals surface area contributed by atoms with E-state index in [1.54, 1.807) is 31.4 Å². The molecule has 20 heavy (non-hydrogen) atoms. The van der Waals surface area contributed by atoms with Crippen LogP contribution in [0, 0.1) is 0 Å². The molecule has 0 spiro atoms. The summed E-state index contributed by atoms with van der Waals surface area (Å²) in [4.78, 5) is 13.3. The fourth-order valence-corrected chi connectivity index (χ4v) is 2.67. The molecular weight excluding hydrogens is 379 g/mol. The number of hydrogen-bond donors (Lipinski definition) is 0. The van der Waals surface area contributed by atoms with E-state index in [1.165, 1.54) is 4.90 Å². The number of allylic oxidation sites excluding steroid dienone is 1. The highest BCUT2D eigenvalue weighted by Crippen LogP contribution is 2.30. The maximum absolute atomic E-state index is 12.7. The van der Waals surface area contributed by atoms with Gasteiger partial charge in [0.05, 0.1) is 17.6 Å². The molecule has 3 nitrogen and oxygen atoms in total. The van der Waals surface area contributed by atoms with Crippen LogP contribution in [0.15, 0.2) is 30.3 Å². The van der Waals surface area contributed by atoms with Gasteiger partial charge in [0.25, 0.3) is 6.43 Å². The molecule has 1 amide bonds. The molecule has 1 atom stereocenters. The second kappa shape index (κ2) is 6.51. The first-order valence-electron chi connectivity index (χ1n) is 6.11. The molecule has 1 aromatic rings. The Kier molecular flexibility index (Phi) is 4.95. The summed E-state index contributed by atoms with van der Waals surface area (Å²) in [6, 6.07) is 7.03. The van der Waals surface area contributed by atoms with E-state index >= 15 is 0 Å². The van der Waals surface area contributed by atoms with Crippen molar-refractivity contribution >= 4 is 34.2 Å². The van der Waals surface area contributed by atoms with Gasteiger partial charge in [-0.05, 0) is 36.2 Å². The molecule has 1 aliphatic heterocycles. The van der Waals surface area contributed by atoms with Crippen molar-refractivity contribution in [2.75, 3.05) is 13.7 Å². The van der Waals surface area contributed by atoms with Crippen molar-refractivity contribution < 1.29 is 18.3 Å². The summed E-state index contributed by atoms with van der Waals surface area (Å²) in [5.41, 5.74) is 1.29. The first-order valence-corrected chi connectivity index (χ1v) is 7.35. The Balaban J connectivity index is 2.32. The molecule has 1 aliphatic rings. The Morgan fingerprint density at radius 1 is 1.40 bits per heavy atom. The van der Waals surface area contributed by atoms with E-state index in [9.17, 15) is 13.6 Å². The van der Waals surface area contributed by atoms with E-state index in [-0.39, 0.29) is 9.83 Å². The molecule has 0 fully saturated rings. The van der Waals surface area contributed by atoms with Crippen molar-refractivity contribution in [3.8, 4) is 5.75 Å². The van der Waals surface area contributed by atoms with Crippen molar-refractivity contribution in [3.05, 3.63) is 35.9 Å². The average molecular weight is 393 g/mol. The highest BCUT2D eigenvalue weighted by atomic mass is 127. The standard InChI is InChI=1S/C14H14F2INO2/c1-20-10-4-2-9(3-5-10)12-7-6-11(17)14(19)18(12)8-13(15)16/h2-5,7,11,13H,6,8H2,1H3. The van der Waals surface area contributed by atoms with Crippen LogP contribution in [0.4, 0.5) is 8.78 Å². The van der Waals surface area contributed by atoms with Crippen molar-refractivity contribution in [1.29, 1.82) is 0 Å². The molecular formula is C14H14F2INO2. The van der Waals surface area contributed by atoms with Crippen LogP contribution in [0.5, 0.6) is 5.75 Å². The summed E-state index contributed by atoms with van der Waals surface area (Å²) < 4.78 is 30.1. The van der Waals surface area contributed by atoms with E-state index in [1.807, 2.05) is 28.7 Å². The third-order valence-electron chi connectivity index (χ3n) is 3.05. The second-order valence-electron chi connectivity index (χ2n) is 4.36. The summed E-state index contributed by atoms with van der Waals surface area (Å²) >= 11 is 1.98. The number of amides is 1. The van der Waals surface area contributed by atoms with Crippen LogP contribution >= 0.6 is 22.6 Å². The summed E-state index contributed by atoms with van der Waals surface area (Å²) in [6.45, 7) is -0.573. The zero-order valence-electron chi connectivity index (χ0n) is 10.9. The zero-order chi connectivity index (χ0) is 14.7. The van der Waals surface area contributed by atoms with Crippen molar-refractivity contribution in [2.24, 2.45) is 0 Å². The molecule has 0 aromatic heterocycles. The number of halogens is 3. The largest absolute Gasteiger partial charge is 0.497 e. The molecule has 0 bridgehead atoms. The SMILES string of the molecule is COc1ccc(C2=CCC(I)C(=O)N2CC(F)F)cc1. The summed E-state index contributed by atoms with van der Waals surface area (Å²) in [5.74, 6) is 0.419. The number of hydrogen-bond acceptors (Lipinski definition) is 2. The lowest BCUT2D eigenvalue weighted by Gasteiger charge is -2.31. The normalized spacial score (nSPS) is 19.2. The predicted octanol–water partition coefficient (Wildman–Crippen LogP) is 3.34. The average Bonchev–Trinajstić information content (AvgIpc) is 2.44. The van der Waals surface area contributed by atoms with Gasteiger partial charge in [-0.25, -0.2) is 8.78 Å². The number of ether oxygens (including phenoxy) is 1. The van der Waals surface area contributed by atoms with Crippen LogP contribution in [0.1, 0.15) is 12.0 Å². The lowest BCUT2D eigenvalue weighted by atomic mass is 10.0. The lowest BCUT2D eigenvalue weighted by molar-refractivity contribution is -0.128. The fourth-order valence-electron chi connectivity index (χ4n) is 2.08. The minimum Gasteiger partial charge on any atom is -0.497 e. The third-order valence-corrected chi connectivity index (χ3v) is 4.09. The van der Waals surface area contributed by atoms with Gasteiger partial charge in [0.15, 0.2) is 0 Å². The van der Waals surface area contributed by atoms with Gasteiger partial charge in [-0.15, -0.1) is 0 Å². The Morgan fingerprint density at radius 3 is 2.60 bits per heavy atom. The minimum absolute atomic E-state index is 0.265. The number of rotatable bonds is 4. The molecule has 0 N–H and O–H groups in total. The third kappa shape index (κ3) is 3.28. The van der Waals surface area contributed by atoms with Crippen LogP contribution < -0.4 is 4.74 Å². The highest BCUT2D eigenvalue weighted by molar-refractivity contribution is 14.1.